The van der Waals surface area contributed by atoms with E-state index < -0.39 is 0 Å². The van der Waals surface area contributed by atoms with Gasteiger partial charge in [-0.1, -0.05) is 58.3 Å². The number of aliphatic hydroxyl groups is 2. The predicted octanol–water partition coefficient (Wildman–Crippen LogP) is 3.80. The van der Waals surface area contributed by atoms with Crippen LogP contribution >= 0.6 is 0 Å². The zero-order valence-corrected chi connectivity index (χ0v) is 15.5. The minimum absolute atomic E-state index is 0.0476. The number of aromatic hydroxyl groups is 1. The van der Waals surface area contributed by atoms with Gasteiger partial charge in [0.1, 0.15) is 11.5 Å². The second-order valence-electron chi connectivity index (χ2n) is 6.67. The summed E-state index contributed by atoms with van der Waals surface area (Å²) in [6.45, 7) is 1.53. The van der Waals surface area contributed by atoms with Gasteiger partial charge < -0.3 is 15.3 Å². The van der Waals surface area contributed by atoms with Crippen molar-refractivity contribution in [2.45, 2.75) is 90.8 Å². The third kappa shape index (κ3) is 7.97. The molecule has 0 fully saturated rings. The number of carbonyl (C=O) groups excluding carboxylic acids is 1. The van der Waals surface area contributed by atoms with Crippen LogP contribution in [0.2, 0.25) is 0 Å². The van der Waals surface area contributed by atoms with Gasteiger partial charge in [0.2, 0.25) is 0 Å². The Morgan fingerprint density at radius 3 is 2.12 bits per heavy atom. The van der Waals surface area contributed by atoms with Gasteiger partial charge in [0, 0.05) is 23.7 Å². The minimum Gasteiger partial charge on any atom is -0.506 e. The van der Waals surface area contributed by atoms with Gasteiger partial charge in [0.05, 0.1) is 25.3 Å². The van der Waals surface area contributed by atoms with E-state index in [0.29, 0.717) is 12.0 Å². The number of rotatable bonds is 14. The molecule has 0 aliphatic carbocycles. The fourth-order valence-electron chi connectivity index (χ4n) is 2.97. The average Bonchev–Trinajstić information content (AvgIpc) is 2.61. The highest BCUT2D eigenvalue weighted by Crippen LogP contribution is 2.25. The van der Waals surface area contributed by atoms with Crippen LogP contribution in [0.25, 0.3) is 0 Å². The van der Waals surface area contributed by atoms with E-state index in [-0.39, 0.29) is 42.4 Å². The number of unbranched alkanes of at least 4 members (excludes halogenated alkanes) is 8. The number of carbonyl (C=O) groups is 1. The summed E-state index contributed by atoms with van der Waals surface area (Å²) < 4.78 is 0. The monoisotopic (exact) mass is 351 g/mol. The van der Waals surface area contributed by atoms with Crippen LogP contribution in [0.15, 0.2) is 6.20 Å². The van der Waals surface area contributed by atoms with E-state index in [2.05, 4.69) is 11.9 Å². The molecular weight excluding hydrogens is 318 g/mol. The van der Waals surface area contributed by atoms with Crippen molar-refractivity contribution in [2.75, 3.05) is 0 Å². The highest BCUT2D eigenvalue weighted by molar-refractivity contribution is 5.81. The third-order valence-corrected chi connectivity index (χ3v) is 4.58. The first-order chi connectivity index (χ1) is 12.1. The summed E-state index contributed by atoms with van der Waals surface area (Å²) in [5.41, 5.74) is 0.917. The highest BCUT2D eigenvalue weighted by atomic mass is 16.3. The first kappa shape index (κ1) is 21.6. The summed E-state index contributed by atoms with van der Waals surface area (Å²) >= 11 is 0. The molecule has 0 aliphatic rings. The van der Waals surface area contributed by atoms with Crippen molar-refractivity contribution in [3.05, 3.63) is 23.0 Å². The van der Waals surface area contributed by atoms with E-state index in [4.69, 9.17) is 5.11 Å². The molecule has 1 heterocycles. The molecule has 5 nitrogen and oxygen atoms in total. The molecule has 0 atom stereocenters. The van der Waals surface area contributed by atoms with Gasteiger partial charge >= 0.3 is 0 Å². The number of hydrogen-bond acceptors (Lipinski definition) is 5. The molecule has 0 amide bonds. The van der Waals surface area contributed by atoms with E-state index in [9.17, 15) is 15.0 Å². The number of Topliss-reactive ketones (excluding diaryl/α,β-unsaturated/α-hetero) is 1. The Balaban J connectivity index is 2.27. The largest absolute Gasteiger partial charge is 0.506 e. The van der Waals surface area contributed by atoms with Crippen LogP contribution in [-0.2, 0) is 24.4 Å². The molecule has 1 aromatic rings. The maximum atomic E-state index is 12.1. The molecule has 142 valence electrons. The standard InChI is InChI=1S/C20H33NO4/c1-2-3-4-5-6-7-8-9-10-11-17(24)12-19-20(25)18(15-23)16(14-22)13-21-19/h13,22-23,25H,2-12,14-15H2,1H3. The first-order valence-electron chi connectivity index (χ1n) is 9.56. The fraction of sp³-hybridized carbons (Fsp3) is 0.700. The molecule has 25 heavy (non-hydrogen) atoms. The lowest BCUT2D eigenvalue weighted by Gasteiger charge is -2.10. The van der Waals surface area contributed by atoms with Gasteiger partial charge in [-0.05, 0) is 6.42 Å². The summed E-state index contributed by atoms with van der Waals surface area (Å²) in [5, 5.41) is 28.6. The number of nitrogens with zero attached hydrogens (tertiary/aromatic N) is 1. The van der Waals surface area contributed by atoms with E-state index in [1.165, 1.54) is 51.1 Å². The molecule has 5 heteroatoms. The molecule has 1 aromatic heterocycles. The normalized spacial score (nSPS) is 11.0. The molecule has 0 aromatic carbocycles. The van der Waals surface area contributed by atoms with Crippen LogP contribution in [-0.4, -0.2) is 26.1 Å². The molecule has 3 N–H and O–H groups in total. The van der Waals surface area contributed by atoms with Crippen LogP contribution in [0.5, 0.6) is 5.75 Å². The van der Waals surface area contributed by atoms with Crippen LogP contribution in [0.3, 0.4) is 0 Å². The minimum atomic E-state index is -0.385. The Morgan fingerprint density at radius 2 is 1.56 bits per heavy atom. The Bertz CT molecular complexity index is 517. The predicted molar refractivity (Wildman–Crippen MR) is 98.3 cm³/mol. The highest BCUT2D eigenvalue weighted by Gasteiger charge is 2.15. The van der Waals surface area contributed by atoms with Crippen molar-refractivity contribution < 1.29 is 20.1 Å². The van der Waals surface area contributed by atoms with Gasteiger partial charge in [-0.2, -0.15) is 0 Å². The average molecular weight is 351 g/mol. The number of aliphatic hydroxyl groups excluding tert-OH is 2. The Labute approximate surface area is 151 Å². The lowest BCUT2D eigenvalue weighted by atomic mass is 10.0. The zero-order valence-electron chi connectivity index (χ0n) is 15.5. The molecule has 0 radical (unpaired) electrons. The maximum Gasteiger partial charge on any atom is 0.143 e. The van der Waals surface area contributed by atoms with E-state index in [0.717, 1.165) is 12.8 Å². The second-order valence-corrected chi connectivity index (χ2v) is 6.67. The maximum absolute atomic E-state index is 12.1. The van der Waals surface area contributed by atoms with Crippen LogP contribution < -0.4 is 0 Å². The molecule has 1 rings (SSSR count). The van der Waals surface area contributed by atoms with Crippen molar-refractivity contribution in [3.63, 3.8) is 0 Å². The van der Waals surface area contributed by atoms with Crippen molar-refractivity contribution in [3.8, 4) is 5.75 Å². The Morgan fingerprint density at radius 1 is 0.960 bits per heavy atom. The van der Waals surface area contributed by atoms with Gasteiger partial charge in [-0.15, -0.1) is 0 Å². The molecular formula is C20H33NO4. The SMILES string of the molecule is CCCCCCCCCCCC(=O)Cc1ncc(CO)c(CO)c1O. The van der Waals surface area contributed by atoms with Gasteiger partial charge in [-0.3, -0.25) is 9.78 Å². The number of ketones is 1. The summed E-state index contributed by atoms with van der Waals surface area (Å²) in [6.07, 6.45) is 12.8. The van der Waals surface area contributed by atoms with Crippen molar-refractivity contribution >= 4 is 5.78 Å². The molecule has 0 saturated carbocycles. The van der Waals surface area contributed by atoms with Crippen LogP contribution in [0.4, 0.5) is 0 Å². The summed E-state index contributed by atoms with van der Waals surface area (Å²) in [5.74, 6) is -0.124. The van der Waals surface area contributed by atoms with Crippen molar-refractivity contribution in [1.29, 1.82) is 0 Å². The lowest BCUT2D eigenvalue weighted by molar-refractivity contribution is -0.118. The molecule has 0 aliphatic heterocycles. The van der Waals surface area contributed by atoms with E-state index in [1.54, 1.807) is 0 Å². The zero-order chi connectivity index (χ0) is 18.5. The smallest absolute Gasteiger partial charge is 0.143 e. The second kappa shape index (κ2) is 12.8. The fourth-order valence-corrected chi connectivity index (χ4v) is 2.97. The van der Waals surface area contributed by atoms with E-state index >= 15 is 0 Å². The van der Waals surface area contributed by atoms with Crippen molar-refractivity contribution in [1.82, 2.24) is 4.98 Å². The quantitative estimate of drug-likeness (QED) is 0.443. The van der Waals surface area contributed by atoms with Gasteiger partial charge in [0.15, 0.2) is 0 Å². The lowest BCUT2D eigenvalue weighted by Crippen LogP contribution is -2.07. The van der Waals surface area contributed by atoms with Crippen LogP contribution in [0.1, 0.15) is 88.0 Å². The summed E-state index contributed by atoms with van der Waals surface area (Å²) in [4.78, 5) is 16.1. The number of pyridine rings is 1. The van der Waals surface area contributed by atoms with E-state index in [1.807, 2.05) is 0 Å². The van der Waals surface area contributed by atoms with Crippen molar-refractivity contribution in [2.24, 2.45) is 0 Å². The summed E-state index contributed by atoms with van der Waals surface area (Å²) in [6, 6.07) is 0. The third-order valence-electron chi connectivity index (χ3n) is 4.58. The Hall–Kier alpha value is -1.46. The number of aromatic nitrogens is 1. The molecule has 0 saturated heterocycles. The number of hydrogen-bond donors (Lipinski definition) is 3. The van der Waals surface area contributed by atoms with Crippen LogP contribution in [0, 0.1) is 0 Å². The summed E-state index contributed by atoms with van der Waals surface area (Å²) in [7, 11) is 0. The molecule has 0 bridgehead atoms. The molecule has 0 spiro atoms. The topological polar surface area (TPSA) is 90.7 Å². The Kier molecular flexibility index (Phi) is 11.1. The molecule has 0 unspecified atom stereocenters. The van der Waals surface area contributed by atoms with Gasteiger partial charge in [-0.25, -0.2) is 0 Å². The van der Waals surface area contributed by atoms with Gasteiger partial charge in [0.25, 0.3) is 0 Å². The first-order valence-corrected chi connectivity index (χ1v) is 9.56.